The molecule has 0 fully saturated rings. The van der Waals surface area contributed by atoms with E-state index in [1.54, 1.807) is 19.9 Å². The molecular weight excluding hydrogens is 393 g/mol. The second kappa shape index (κ2) is 6.57. The lowest BCUT2D eigenvalue weighted by atomic mass is 10.0. The van der Waals surface area contributed by atoms with E-state index in [-0.39, 0.29) is 17.5 Å². The van der Waals surface area contributed by atoms with Gasteiger partial charge in [-0.1, -0.05) is 6.07 Å². The number of rotatable bonds is 3. The molecule has 0 bridgehead atoms. The van der Waals surface area contributed by atoms with Crippen LogP contribution in [0, 0.1) is 12.9 Å². The Balaban J connectivity index is 1.94. The Hall–Kier alpha value is -2.53. The van der Waals surface area contributed by atoms with Crippen molar-refractivity contribution in [2.24, 2.45) is 10.7 Å². The summed E-state index contributed by atoms with van der Waals surface area (Å²) in [4.78, 5) is 21.4. The quantitative estimate of drug-likeness (QED) is 0.745. The van der Waals surface area contributed by atoms with E-state index in [9.17, 15) is 17.6 Å². The molecule has 0 spiro atoms. The van der Waals surface area contributed by atoms with Gasteiger partial charge in [0.2, 0.25) is 21.9 Å². The summed E-state index contributed by atoms with van der Waals surface area (Å²) >= 11 is 1.12. The van der Waals surface area contributed by atoms with Crippen molar-refractivity contribution in [1.82, 2.24) is 9.29 Å². The minimum Gasteiger partial charge on any atom is -0.369 e. The number of hydrogen-bond acceptors (Lipinski definition) is 7. The Morgan fingerprint density at radius 2 is 2.15 bits per heavy atom. The summed E-state index contributed by atoms with van der Waals surface area (Å²) < 4.78 is 38.8. The molecule has 0 radical (unpaired) electrons. The fourth-order valence-corrected chi connectivity index (χ4v) is 5.54. The van der Waals surface area contributed by atoms with E-state index in [0.29, 0.717) is 9.75 Å². The number of nitrogens with one attached hydrogen (secondary N) is 1. The monoisotopic (exact) mass is 411 g/mol. The van der Waals surface area contributed by atoms with Gasteiger partial charge in [0.1, 0.15) is 11.4 Å². The van der Waals surface area contributed by atoms with Crippen LogP contribution in [0.1, 0.15) is 27.0 Å². The third-order valence-corrected chi connectivity index (χ3v) is 7.59. The molecule has 0 unspecified atom stereocenters. The van der Waals surface area contributed by atoms with E-state index in [1.165, 1.54) is 25.2 Å². The summed E-state index contributed by atoms with van der Waals surface area (Å²) in [7, 11) is -2.27. The van der Waals surface area contributed by atoms with E-state index in [2.05, 4.69) is 15.3 Å². The summed E-state index contributed by atoms with van der Waals surface area (Å²) in [5, 5.41) is 2.52. The number of sulfonamides is 1. The van der Waals surface area contributed by atoms with Gasteiger partial charge in [-0.3, -0.25) is 4.79 Å². The van der Waals surface area contributed by atoms with Gasteiger partial charge in [0.15, 0.2) is 0 Å². The van der Waals surface area contributed by atoms with Crippen LogP contribution < -0.4 is 11.1 Å². The molecule has 0 aromatic carbocycles. The van der Waals surface area contributed by atoms with Crippen molar-refractivity contribution in [3.63, 3.8) is 0 Å². The van der Waals surface area contributed by atoms with Crippen molar-refractivity contribution in [3.8, 4) is 0 Å². The number of nitrogens with zero attached hydrogens (tertiary/aromatic N) is 3. The van der Waals surface area contributed by atoms with Gasteiger partial charge in [-0.25, -0.2) is 22.7 Å². The number of aryl methyl sites for hydroxylation is 1. The van der Waals surface area contributed by atoms with Crippen molar-refractivity contribution in [2.75, 3.05) is 18.1 Å². The first-order chi connectivity index (χ1) is 12.5. The molecule has 3 N–H and O–H groups in total. The molecule has 3 heterocycles. The smallest absolute Gasteiger partial charge is 0.266 e. The summed E-state index contributed by atoms with van der Waals surface area (Å²) in [5.41, 5.74) is 5.40. The first-order valence-electron chi connectivity index (χ1n) is 7.88. The number of anilines is 1. The highest BCUT2D eigenvalue weighted by atomic mass is 32.2. The molecule has 2 aromatic rings. The fourth-order valence-electron chi connectivity index (χ4n) is 2.85. The molecule has 1 aliphatic rings. The fraction of sp³-hybridized carbons (Fsp3) is 0.312. The predicted molar refractivity (Wildman–Crippen MR) is 102 cm³/mol. The average molecular weight is 411 g/mol. The average Bonchev–Trinajstić information content (AvgIpc) is 2.95. The van der Waals surface area contributed by atoms with Crippen LogP contribution in [0.15, 0.2) is 29.3 Å². The number of carbonyl (C=O) groups excluding carboxylic acids is 1. The first-order valence-corrected chi connectivity index (χ1v) is 10.3. The van der Waals surface area contributed by atoms with Gasteiger partial charge in [0.05, 0.1) is 10.6 Å². The first kappa shape index (κ1) is 19.2. The van der Waals surface area contributed by atoms with Crippen molar-refractivity contribution in [1.29, 1.82) is 0 Å². The zero-order chi connectivity index (χ0) is 20.0. The molecule has 27 heavy (non-hydrogen) atoms. The molecule has 8 nitrogen and oxygen atoms in total. The molecule has 3 rings (SSSR count). The van der Waals surface area contributed by atoms with Gasteiger partial charge in [0, 0.05) is 11.9 Å². The lowest BCUT2D eigenvalue weighted by Gasteiger charge is -2.34. The Bertz CT molecular complexity index is 1050. The van der Waals surface area contributed by atoms with Crippen LogP contribution >= 0.6 is 11.3 Å². The molecule has 2 aromatic heterocycles. The number of halogens is 1. The van der Waals surface area contributed by atoms with E-state index < -0.39 is 27.4 Å². The number of aliphatic imine (C=N–C) groups is 1. The normalized spacial score (nSPS) is 21.6. The van der Waals surface area contributed by atoms with E-state index >= 15 is 0 Å². The molecular formula is C16H18FN5O3S2. The highest BCUT2D eigenvalue weighted by Gasteiger charge is 2.42. The van der Waals surface area contributed by atoms with Crippen molar-refractivity contribution in [3.05, 3.63) is 45.5 Å². The Labute approximate surface area is 160 Å². The number of amides is 1. The van der Waals surface area contributed by atoms with Gasteiger partial charge in [-0.15, -0.1) is 11.3 Å². The second-order valence-corrected chi connectivity index (χ2v) is 9.44. The molecule has 0 saturated heterocycles. The van der Waals surface area contributed by atoms with Gasteiger partial charge < -0.3 is 11.1 Å². The number of aromatic nitrogens is 1. The zero-order valence-electron chi connectivity index (χ0n) is 14.9. The maximum atomic E-state index is 13.2. The number of nitrogens with two attached hydrogens (primary N) is 1. The molecule has 1 amide bonds. The largest absolute Gasteiger partial charge is 0.369 e. The predicted octanol–water partition coefficient (Wildman–Crippen LogP) is 1.65. The van der Waals surface area contributed by atoms with Crippen LogP contribution in [0.2, 0.25) is 0 Å². The number of hydrogen-bond donors (Lipinski definition) is 2. The Kier molecular flexibility index (Phi) is 4.68. The zero-order valence-corrected chi connectivity index (χ0v) is 16.5. The highest BCUT2D eigenvalue weighted by molar-refractivity contribution is 7.89. The van der Waals surface area contributed by atoms with Crippen LogP contribution in [0.25, 0.3) is 0 Å². The third kappa shape index (κ3) is 3.65. The molecule has 11 heteroatoms. The summed E-state index contributed by atoms with van der Waals surface area (Å²) in [5.74, 6) is -1.45. The number of pyridine rings is 1. The van der Waals surface area contributed by atoms with E-state index in [0.717, 1.165) is 21.2 Å². The molecule has 0 aliphatic carbocycles. The van der Waals surface area contributed by atoms with Crippen LogP contribution in [-0.2, 0) is 15.6 Å². The number of carbonyl (C=O) groups is 1. The number of guanidine groups is 1. The van der Waals surface area contributed by atoms with E-state index in [4.69, 9.17) is 5.73 Å². The Morgan fingerprint density at radius 1 is 1.44 bits per heavy atom. The van der Waals surface area contributed by atoms with Gasteiger partial charge in [-0.05, 0) is 37.6 Å². The standard InChI is InChI=1S/C16H18FN5O3S2/c1-9-7-10(14(23)20-12-6-4-5-11(17)19-12)26-13(9)16(2)8-27(24,25)22(3)15(18)21-16/h4-7H,8H2,1-3H3,(H2,18,21)(H,19,20,23)/t16-/m0/s1. The van der Waals surface area contributed by atoms with Crippen LogP contribution in [-0.4, -0.2) is 42.4 Å². The maximum absolute atomic E-state index is 13.2. The highest BCUT2D eigenvalue weighted by Crippen LogP contribution is 2.38. The van der Waals surface area contributed by atoms with Crippen LogP contribution in [0.4, 0.5) is 10.2 Å². The summed E-state index contributed by atoms with van der Waals surface area (Å²) in [6.45, 7) is 3.43. The molecule has 1 atom stereocenters. The van der Waals surface area contributed by atoms with Crippen molar-refractivity contribution in [2.45, 2.75) is 19.4 Å². The summed E-state index contributed by atoms with van der Waals surface area (Å²) in [6, 6.07) is 5.71. The van der Waals surface area contributed by atoms with Gasteiger partial charge in [0.25, 0.3) is 5.91 Å². The minimum atomic E-state index is -3.62. The molecule has 144 valence electrons. The second-order valence-electron chi connectivity index (χ2n) is 6.39. The van der Waals surface area contributed by atoms with Gasteiger partial charge >= 0.3 is 0 Å². The lowest BCUT2D eigenvalue weighted by molar-refractivity contribution is 0.103. The molecule has 0 saturated carbocycles. The SMILES string of the molecule is Cc1cc(C(=O)Nc2cccc(F)n2)sc1[C@]1(C)CS(=O)(=O)N(C)C(N)=N1. The van der Waals surface area contributed by atoms with Crippen LogP contribution in [0.3, 0.4) is 0 Å². The van der Waals surface area contributed by atoms with E-state index in [1.807, 2.05) is 0 Å². The Morgan fingerprint density at radius 3 is 2.78 bits per heavy atom. The van der Waals surface area contributed by atoms with Crippen LogP contribution in [0.5, 0.6) is 0 Å². The van der Waals surface area contributed by atoms with Gasteiger partial charge in [-0.2, -0.15) is 4.39 Å². The van der Waals surface area contributed by atoms with Crippen molar-refractivity contribution >= 4 is 39.0 Å². The third-order valence-electron chi connectivity index (χ3n) is 4.15. The summed E-state index contributed by atoms with van der Waals surface area (Å²) in [6.07, 6.45) is 0. The lowest BCUT2D eigenvalue weighted by Crippen LogP contribution is -2.50. The number of thiophene rings is 1. The molecule has 1 aliphatic heterocycles. The topological polar surface area (TPSA) is 118 Å². The minimum absolute atomic E-state index is 0.0861. The maximum Gasteiger partial charge on any atom is 0.266 e. The van der Waals surface area contributed by atoms with Crippen molar-refractivity contribution < 1.29 is 17.6 Å².